The van der Waals surface area contributed by atoms with Crippen molar-refractivity contribution in [3.05, 3.63) is 49.1 Å². The summed E-state index contributed by atoms with van der Waals surface area (Å²) in [5, 5.41) is 0. The van der Waals surface area contributed by atoms with Crippen LogP contribution in [0.5, 0.6) is 0 Å². The second-order valence-corrected chi connectivity index (χ2v) is 5.01. The molecule has 114 valence electrons. The molecule has 0 radical (unpaired) electrons. The van der Waals surface area contributed by atoms with Crippen LogP contribution in [0.3, 0.4) is 0 Å². The van der Waals surface area contributed by atoms with Gasteiger partial charge in [0.25, 0.3) is 0 Å². The third kappa shape index (κ3) is 6.58. The van der Waals surface area contributed by atoms with E-state index in [4.69, 9.17) is 0 Å². The van der Waals surface area contributed by atoms with Gasteiger partial charge in [0.1, 0.15) is 0 Å². The summed E-state index contributed by atoms with van der Waals surface area (Å²) in [4.78, 5) is 0. The SMILES string of the molecule is O=P#CC[n+]1ccc(-c2cc[n+](CC#P=O)cc2)cc1.[Br-].[Br-]. The molecule has 0 aliphatic heterocycles. The van der Waals surface area contributed by atoms with Crippen LogP contribution >= 0.6 is 15.8 Å². The molecule has 0 saturated heterocycles. The zero-order valence-electron chi connectivity index (χ0n) is 11.4. The Morgan fingerprint density at radius 2 is 1.05 bits per heavy atom. The quantitative estimate of drug-likeness (QED) is 0.351. The Morgan fingerprint density at radius 3 is 1.32 bits per heavy atom. The maximum Gasteiger partial charge on any atom is -1.00 e. The van der Waals surface area contributed by atoms with Crippen molar-refractivity contribution >= 4 is 15.8 Å². The molecule has 2 aromatic rings. The minimum absolute atomic E-state index is 0. The normalized spacial score (nSPS) is 8.55. The Balaban J connectivity index is 0.00000220. The van der Waals surface area contributed by atoms with Crippen LogP contribution in [0.15, 0.2) is 49.1 Å². The van der Waals surface area contributed by atoms with Gasteiger partial charge in [0.2, 0.25) is 0 Å². The van der Waals surface area contributed by atoms with Crippen LogP contribution in [0.4, 0.5) is 0 Å². The van der Waals surface area contributed by atoms with E-state index < -0.39 is 0 Å². The summed E-state index contributed by atoms with van der Waals surface area (Å²) >= 11 is 0. The maximum absolute atomic E-state index is 10.3. The van der Waals surface area contributed by atoms with Gasteiger partial charge in [0.05, 0.1) is 0 Å². The van der Waals surface area contributed by atoms with Crippen molar-refractivity contribution in [3.8, 4) is 22.4 Å². The van der Waals surface area contributed by atoms with Crippen LogP contribution in [-0.2, 0) is 22.2 Å². The molecule has 2 aromatic heterocycles. The van der Waals surface area contributed by atoms with Gasteiger partial charge in [0.15, 0.2) is 0 Å². The van der Waals surface area contributed by atoms with Gasteiger partial charge < -0.3 is 34.0 Å². The van der Waals surface area contributed by atoms with E-state index in [2.05, 4.69) is 11.3 Å². The average molecular weight is 462 g/mol. The number of hydrogen-bond acceptors (Lipinski definition) is 2. The summed E-state index contributed by atoms with van der Waals surface area (Å²) in [6, 6.07) is 7.99. The number of pyridine rings is 2. The van der Waals surface area contributed by atoms with Crippen LogP contribution in [0, 0.1) is 11.3 Å². The number of halogens is 2. The molecule has 0 aliphatic rings. The monoisotopic (exact) mass is 460 g/mol. The molecule has 0 amide bonds. The van der Waals surface area contributed by atoms with E-state index in [0.717, 1.165) is 11.1 Å². The largest absolute Gasteiger partial charge is 1.00 e. The van der Waals surface area contributed by atoms with E-state index >= 15 is 0 Å². The molecule has 0 aromatic carbocycles. The molecule has 0 unspecified atom stereocenters. The second-order valence-electron chi connectivity index (χ2n) is 4.02. The van der Waals surface area contributed by atoms with Crippen molar-refractivity contribution in [2.24, 2.45) is 0 Å². The summed E-state index contributed by atoms with van der Waals surface area (Å²) in [6.45, 7) is 1.00. The first-order valence-electron chi connectivity index (χ1n) is 5.92. The van der Waals surface area contributed by atoms with Crippen molar-refractivity contribution in [2.45, 2.75) is 13.1 Å². The topological polar surface area (TPSA) is 41.9 Å². The van der Waals surface area contributed by atoms with Crippen LogP contribution < -0.4 is 43.1 Å². The Labute approximate surface area is 152 Å². The molecule has 0 saturated carbocycles. The maximum atomic E-state index is 10.3. The fourth-order valence-electron chi connectivity index (χ4n) is 1.73. The van der Waals surface area contributed by atoms with Crippen molar-refractivity contribution in [1.29, 1.82) is 0 Å². The fraction of sp³-hybridized carbons (Fsp3) is 0.143. The molecule has 8 heteroatoms. The van der Waals surface area contributed by atoms with Gasteiger partial charge in [0, 0.05) is 0 Å². The van der Waals surface area contributed by atoms with Gasteiger partial charge in [-0.15, -0.1) is 0 Å². The Hall–Kier alpha value is -0.720. The predicted molar refractivity (Wildman–Crippen MR) is 75.3 cm³/mol. The molecule has 4 nitrogen and oxygen atoms in total. The van der Waals surface area contributed by atoms with E-state index in [1.807, 2.05) is 58.2 Å². The molecular weight excluding hydrogens is 450 g/mol. The number of rotatable bonds is 3. The molecule has 0 aliphatic carbocycles. The molecular formula is C14H12Br2N2O2P2. The van der Waals surface area contributed by atoms with Gasteiger partial charge in [-0.25, -0.2) is 0 Å². The summed E-state index contributed by atoms with van der Waals surface area (Å²) in [6.07, 6.45) is 7.69. The van der Waals surface area contributed by atoms with E-state index in [-0.39, 0.29) is 49.8 Å². The smallest absolute Gasteiger partial charge is 1.00 e. The number of nitrogens with zero attached hydrogens (tertiary/aromatic N) is 2. The molecule has 0 fully saturated rings. The van der Waals surface area contributed by atoms with E-state index in [1.165, 1.54) is 0 Å². The minimum Gasteiger partial charge on any atom is -1.00 e. The minimum atomic E-state index is -0.0740. The standard InChI is InChI=1S/C14H12N2O2P2.2BrH/c17-19-11-9-15-5-1-13(2-6-15)14-3-7-16(8-4-14)10-12-20-18;;/h1-8H,9-10H2;2*1H/q+2;;/p-2. The predicted octanol–water partition coefficient (Wildman–Crippen LogP) is -3.56. The molecule has 0 atom stereocenters. The van der Waals surface area contributed by atoms with E-state index in [1.54, 1.807) is 0 Å². The van der Waals surface area contributed by atoms with Gasteiger partial charge >= 0.3 is 119 Å². The van der Waals surface area contributed by atoms with Crippen LogP contribution in [-0.4, -0.2) is 0 Å². The Morgan fingerprint density at radius 1 is 0.727 bits per heavy atom. The first-order valence-corrected chi connectivity index (χ1v) is 7.55. The summed E-state index contributed by atoms with van der Waals surface area (Å²) in [5.41, 5.74) is 7.59. The molecule has 0 N–H and O–H groups in total. The summed E-state index contributed by atoms with van der Waals surface area (Å²) < 4.78 is 24.4. The Bertz CT molecular complexity index is 729. The summed E-state index contributed by atoms with van der Waals surface area (Å²) in [5.74, 6) is 0. The van der Waals surface area contributed by atoms with Crippen LogP contribution in [0.25, 0.3) is 11.1 Å². The first kappa shape index (κ1) is 21.3. The zero-order chi connectivity index (χ0) is 14.2. The fourth-order valence-corrected chi connectivity index (χ4v) is 2.17. The van der Waals surface area contributed by atoms with Crippen LogP contribution in [0.1, 0.15) is 0 Å². The van der Waals surface area contributed by atoms with Gasteiger partial charge in [-0.2, -0.15) is 0 Å². The van der Waals surface area contributed by atoms with Gasteiger partial charge in [-0.05, 0) is 0 Å². The van der Waals surface area contributed by atoms with Gasteiger partial charge in [-0.1, -0.05) is 0 Å². The third-order valence-electron chi connectivity index (χ3n) is 2.75. The van der Waals surface area contributed by atoms with Crippen LogP contribution in [0.2, 0.25) is 0 Å². The van der Waals surface area contributed by atoms with E-state index in [0.29, 0.717) is 13.1 Å². The number of hydrogen-bond donors (Lipinski definition) is 0. The average Bonchev–Trinajstić information content (AvgIpc) is 2.52. The molecule has 0 spiro atoms. The second kappa shape index (κ2) is 11.8. The Kier molecular flexibility index (Phi) is 11.4. The zero-order valence-corrected chi connectivity index (χ0v) is 16.4. The van der Waals surface area contributed by atoms with Crippen molar-refractivity contribution in [1.82, 2.24) is 0 Å². The van der Waals surface area contributed by atoms with Crippen molar-refractivity contribution in [3.63, 3.8) is 0 Å². The van der Waals surface area contributed by atoms with E-state index in [9.17, 15) is 9.13 Å². The van der Waals surface area contributed by atoms with Crippen molar-refractivity contribution < 1.29 is 52.2 Å². The third-order valence-corrected chi connectivity index (χ3v) is 3.29. The van der Waals surface area contributed by atoms with Crippen molar-refractivity contribution in [2.75, 3.05) is 0 Å². The first-order chi connectivity index (χ1) is 9.83. The molecule has 2 heterocycles. The number of aromatic nitrogens is 2. The summed E-state index contributed by atoms with van der Waals surface area (Å²) in [7, 11) is -0.148. The van der Waals surface area contributed by atoms with Gasteiger partial charge in [-0.3, -0.25) is 0 Å². The molecule has 2 rings (SSSR count). The molecule has 22 heavy (non-hydrogen) atoms. The molecule has 0 bridgehead atoms.